The Bertz CT molecular complexity index is 1060. The predicted octanol–water partition coefficient (Wildman–Crippen LogP) is 4.52. The molecule has 0 amide bonds. The smallest absolute Gasteiger partial charge is 0.165 e. The van der Waals surface area contributed by atoms with Gasteiger partial charge in [-0.05, 0) is 12.1 Å². The molecule has 0 aliphatic rings. The van der Waals surface area contributed by atoms with E-state index in [1.165, 1.54) is 0 Å². The van der Waals surface area contributed by atoms with Crippen LogP contribution in [0.15, 0.2) is 60.9 Å². The van der Waals surface area contributed by atoms with E-state index in [9.17, 15) is 9.59 Å². The second-order valence-electron chi connectivity index (χ2n) is 6.69. The summed E-state index contributed by atoms with van der Waals surface area (Å²) in [4.78, 5) is 25.4. The van der Waals surface area contributed by atoms with Gasteiger partial charge in [0.05, 0.1) is 0 Å². The molecule has 0 bridgehead atoms. The summed E-state index contributed by atoms with van der Waals surface area (Å²) in [5.41, 5.74) is 3.43. The molecule has 130 valence electrons. The van der Waals surface area contributed by atoms with E-state index in [4.69, 9.17) is 0 Å². The Hall–Kier alpha value is -3.14. The summed E-state index contributed by atoms with van der Waals surface area (Å²) in [7, 11) is 3.86. The molecule has 0 fully saturated rings. The van der Waals surface area contributed by atoms with Gasteiger partial charge in [0.25, 0.3) is 0 Å². The number of carbonyl (C=O) groups excluding carboxylic acids is 2. The maximum Gasteiger partial charge on any atom is 0.165 e. The minimum Gasteiger partial charge on any atom is -0.350 e. The highest BCUT2D eigenvalue weighted by Gasteiger charge is 2.18. The molecule has 2 aromatic heterocycles. The van der Waals surface area contributed by atoms with E-state index >= 15 is 0 Å². The van der Waals surface area contributed by atoms with Crippen LogP contribution in [0.25, 0.3) is 21.8 Å². The lowest BCUT2D eigenvalue weighted by Gasteiger charge is -2.00. The first-order chi connectivity index (χ1) is 12.6. The number of fused-ring (bicyclic) bond motifs is 2. The average molecular weight is 344 g/mol. The molecule has 2 aromatic carbocycles. The van der Waals surface area contributed by atoms with Crippen molar-refractivity contribution in [3.8, 4) is 0 Å². The summed E-state index contributed by atoms with van der Waals surface area (Å²) in [6.07, 6.45) is 4.15. The third-order valence-corrected chi connectivity index (χ3v) is 4.97. The van der Waals surface area contributed by atoms with Crippen molar-refractivity contribution in [1.29, 1.82) is 0 Å². The number of carbonyl (C=O) groups is 2. The molecular formula is C22H20N2O2. The Morgan fingerprint density at radius 3 is 1.50 bits per heavy atom. The maximum atomic E-state index is 12.7. The van der Waals surface area contributed by atoms with Gasteiger partial charge in [-0.3, -0.25) is 9.59 Å². The van der Waals surface area contributed by atoms with Crippen molar-refractivity contribution in [2.75, 3.05) is 0 Å². The van der Waals surface area contributed by atoms with E-state index in [1.807, 2.05) is 84.2 Å². The third-order valence-electron chi connectivity index (χ3n) is 4.97. The summed E-state index contributed by atoms with van der Waals surface area (Å²) in [5, 5.41) is 1.88. The zero-order chi connectivity index (χ0) is 18.3. The molecule has 0 N–H and O–H groups in total. The van der Waals surface area contributed by atoms with E-state index in [0.717, 1.165) is 21.8 Å². The lowest BCUT2D eigenvalue weighted by molar-refractivity contribution is 0.0919. The molecule has 0 atom stereocenters. The molecular weight excluding hydrogens is 324 g/mol. The van der Waals surface area contributed by atoms with Crippen molar-refractivity contribution < 1.29 is 9.59 Å². The number of benzene rings is 2. The summed E-state index contributed by atoms with van der Waals surface area (Å²) in [6, 6.07) is 15.7. The second-order valence-corrected chi connectivity index (χ2v) is 6.69. The van der Waals surface area contributed by atoms with Gasteiger partial charge in [-0.1, -0.05) is 36.4 Å². The topological polar surface area (TPSA) is 44.0 Å². The van der Waals surface area contributed by atoms with Crippen LogP contribution < -0.4 is 0 Å². The van der Waals surface area contributed by atoms with Gasteiger partial charge < -0.3 is 9.13 Å². The molecule has 2 heterocycles. The summed E-state index contributed by atoms with van der Waals surface area (Å²) < 4.78 is 3.91. The van der Waals surface area contributed by atoms with Gasteiger partial charge >= 0.3 is 0 Å². The lowest BCUT2D eigenvalue weighted by Crippen LogP contribution is -2.05. The van der Waals surface area contributed by atoms with Crippen molar-refractivity contribution in [3.05, 3.63) is 72.1 Å². The van der Waals surface area contributed by atoms with E-state index in [2.05, 4.69) is 0 Å². The van der Waals surface area contributed by atoms with E-state index in [1.54, 1.807) is 0 Å². The standard InChI is InChI=1S/C22H20N2O2/c1-23-13-17(15-7-3-5-9-19(15)23)21(25)11-12-22(26)18-14-24(2)20-10-6-4-8-16(18)20/h3-10,13-14H,11-12H2,1-2H3. The monoisotopic (exact) mass is 344 g/mol. The van der Waals surface area contributed by atoms with Gasteiger partial charge in [0, 0.05) is 72.3 Å². The fourth-order valence-electron chi connectivity index (χ4n) is 3.62. The van der Waals surface area contributed by atoms with Gasteiger partial charge in [-0.25, -0.2) is 0 Å². The molecule has 0 saturated heterocycles. The van der Waals surface area contributed by atoms with Crippen LogP contribution >= 0.6 is 0 Å². The van der Waals surface area contributed by atoms with Crippen molar-refractivity contribution in [2.45, 2.75) is 12.8 Å². The summed E-state index contributed by atoms with van der Waals surface area (Å²) in [5.74, 6) is 0.0192. The van der Waals surface area contributed by atoms with Crippen LogP contribution in [0.2, 0.25) is 0 Å². The minimum atomic E-state index is 0.00962. The highest BCUT2D eigenvalue weighted by atomic mass is 16.1. The summed E-state index contributed by atoms with van der Waals surface area (Å²) in [6.45, 7) is 0. The van der Waals surface area contributed by atoms with Crippen LogP contribution in [0.1, 0.15) is 33.6 Å². The largest absolute Gasteiger partial charge is 0.350 e. The maximum absolute atomic E-state index is 12.7. The molecule has 26 heavy (non-hydrogen) atoms. The first kappa shape index (κ1) is 16.3. The van der Waals surface area contributed by atoms with Gasteiger partial charge in [0.2, 0.25) is 0 Å². The highest BCUT2D eigenvalue weighted by Crippen LogP contribution is 2.24. The molecule has 0 radical (unpaired) electrons. The Morgan fingerprint density at radius 2 is 1.08 bits per heavy atom. The van der Waals surface area contributed by atoms with Crippen molar-refractivity contribution in [1.82, 2.24) is 9.13 Å². The normalized spacial score (nSPS) is 11.3. The molecule has 0 aliphatic heterocycles. The van der Waals surface area contributed by atoms with E-state index in [0.29, 0.717) is 11.1 Å². The Balaban J connectivity index is 1.56. The zero-order valence-corrected chi connectivity index (χ0v) is 14.9. The number of hydrogen-bond acceptors (Lipinski definition) is 2. The quantitative estimate of drug-likeness (QED) is 0.500. The number of para-hydroxylation sites is 2. The molecule has 0 spiro atoms. The zero-order valence-electron chi connectivity index (χ0n) is 14.9. The third kappa shape index (κ3) is 2.64. The number of aromatic nitrogens is 2. The van der Waals surface area contributed by atoms with Crippen LogP contribution in [0.3, 0.4) is 0 Å². The highest BCUT2D eigenvalue weighted by molar-refractivity contribution is 6.12. The Labute approximate surface area is 151 Å². The number of nitrogens with zero attached hydrogens (tertiary/aromatic N) is 2. The molecule has 4 heteroatoms. The molecule has 0 unspecified atom stereocenters. The Morgan fingerprint density at radius 1 is 0.692 bits per heavy atom. The van der Waals surface area contributed by atoms with Gasteiger partial charge in [-0.15, -0.1) is 0 Å². The molecule has 0 aliphatic carbocycles. The van der Waals surface area contributed by atoms with Crippen LogP contribution in [0.5, 0.6) is 0 Å². The van der Waals surface area contributed by atoms with Crippen LogP contribution in [-0.2, 0) is 14.1 Å². The number of aryl methyl sites for hydroxylation is 2. The fraction of sp³-hybridized carbons (Fsp3) is 0.182. The lowest BCUT2D eigenvalue weighted by atomic mass is 10.0. The molecule has 4 nitrogen and oxygen atoms in total. The SMILES string of the molecule is Cn1cc(C(=O)CCC(=O)c2cn(C)c3ccccc23)c2ccccc21. The van der Waals surface area contributed by atoms with Crippen molar-refractivity contribution in [2.24, 2.45) is 14.1 Å². The van der Waals surface area contributed by atoms with Crippen molar-refractivity contribution in [3.63, 3.8) is 0 Å². The van der Waals surface area contributed by atoms with Gasteiger partial charge in [0.15, 0.2) is 11.6 Å². The first-order valence-electron chi connectivity index (χ1n) is 8.71. The van der Waals surface area contributed by atoms with Gasteiger partial charge in [-0.2, -0.15) is 0 Å². The predicted molar refractivity (Wildman–Crippen MR) is 104 cm³/mol. The summed E-state index contributed by atoms with van der Waals surface area (Å²) >= 11 is 0. The number of Topliss-reactive ketones (excluding diaryl/α,β-unsaturated/α-hetero) is 2. The molecule has 0 saturated carbocycles. The number of rotatable bonds is 5. The van der Waals surface area contributed by atoms with Crippen molar-refractivity contribution >= 4 is 33.4 Å². The average Bonchev–Trinajstić information content (AvgIpc) is 3.18. The van der Waals surface area contributed by atoms with Crippen LogP contribution in [0.4, 0.5) is 0 Å². The van der Waals surface area contributed by atoms with E-state index in [-0.39, 0.29) is 24.4 Å². The van der Waals surface area contributed by atoms with Gasteiger partial charge in [0.1, 0.15) is 0 Å². The van der Waals surface area contributed by atoms with Crippen LogP contribution in [0, 0.1) is 0 Å². The van der Waals surface area contributed by atoms with Crippen LogP contribution in [-0.4, -0.2) is 20.7 Å². The molecule has 4 rings (SSSR count). The fourth-order valence-corrected chi connectivity index (χ4v) is 3.62. The second kappa shape index (κ2) is 6.30. The minimum absolute atomic E-state index is 0.00962. The number of ketones is 2. The first-order valence-corrected chi connectivity index (χ1v) is 8.71. The van der Waals surface area contributed by atoms with E-state index < -0.39 is 0 Å². The molecule has 4 aromatic rings. The number of hydrogen-bond donors (Lipinski definition) is 0. The Kier molecular flexibility index (Phi) is 3.96.